The number of rotatable bonds is 6. The van der Waals surface area contributed by atoms with E-state index >= 15 is 0 Å². The average Bonchev–Trinajstić information content (AvgIpc) is 2.77. The SMILES string of the molecule is O=C(/C=C/c1ccccc1)NC(=S)Nc1cccc(C(=O)NCc2ccccc2)c1. The highest BCUT2D eigenvalue weighted by Gasteiger charge is 2.07. The van der Waals surface area contributed by atoms with Crippen LogP contribution in [0.1, 0.15) is 21.5 Å². The van der Waals surface area contributed by atoms with Crippen molar-refractivity contribution in [2.75, 3.05) is 5.32 Å². The van der Waals surface area contributed by atoms with Crippen molar-refractivity contribution in [1.29, 1.82) is 0 Å². The second kappa shape index (κ2) is 10.7. The molecule has 0 radical (unpaired) electrons. The van der Waals surface area contributed by atoms with Gasteiger partial charge in [-0.15, -0.1) is 0 Å². The van der Waals surface area contributed by atoms with E-state index in [-0.39, 0.29) is 16.9 Å². The molecule has 3 N–H and O–H groups in total. The van der Waals surface area contributed by atoms with E-state index in [2.05, 4.69) is 16.0 Å². The molecule has 6 heteroatoms. The van der Waals surface area contributed by atoms with E-state index in [9.17, 15) is 9.59 Å². The predicted molar refractivity (Wildman–Crippen MR) is 124 cm³/mol. The number of anilines is 1. The summed E-state index contributed by atoms with van der Waals surface area (Å²) in [4.78, 5) is 24.4. The fraction of sp³-hybridized carbons (Fsp3) is 0.0417. The molecule has 0 aliphatic rings. The fourth-order valence-electron chi connectivity index (χ4n) is 2.67. The Hall–Kier alpha value is -3.77. The highest BCUT2D eigenvalue weighted by atomic mass is 32.1. The van der Waals surface area contributed by atoms with Crippen LogP contribution in [0.25, 0.3) is 6.08 Å². The van der Waals surface area contributed by atoms with Gasteiger partial charge in [0.1, 0.15) is 0 Å². The van der Waals surface area contributed by atoms with Gasteiger partial charge in [0.15, 0.2) is 5.11 Å². The summed E-state index contributed by atoms with van der Waals surface area (Å²) in [7, 11) is 0. The highest BCUT2D eigenvalue weighted by molar-refractivity contribution is 7.80. The third kappa shape index (κ3) is 6.68. The Morgan fingerprint density at radius 2 is 1.57 bits per heavy atom. The van der Waals surface area contributed by atoms with E-state index in [0.717, 1.165) is 11.1 Å². The van der Waals surface area contributed by atoms with Crippen LogP contribution in [0.4, 0.5) is 5.69 Å². The van der Waals surface area contributed by atoms with Crippen molar-refractivity contribution in [2.24, 2.45) is 0 Å². The Morgan fingerprint density at radius 1 is 0.867 bits per heavy atom. The number of carbonyl (C=O) groups excluding carboxylic acids is 2. The summed E-state index contributed by atoms with van der Waals surface area (Å²) in [5.41, 5.74) is 3.04. The third-order valence-corrected chi connectivity index (χ3v) is 4.35. The zero-order valence-electron chi connectivity index (χ0n) is 16.2. The molecule has 150 valence electrons. The molecule has 0 heterocycles. The molecule has 0 aliphatic carbocycles. The Morgan fingerprint density at radius 3 is 2.30 bits per heavy atom. The first-order valence-corrected chi connectivity index (χ1v) is 9.78. The molecule has 0 unspecified atom stereocenters. The molecular formula is C24H21N3O2S. The van der Waals surface area contributed by atoms with Gasteiger partial charge in [0.2, 0.25) is 5.91 Å². The molecule has 0 fully saturated rings. The maximum Gasteiger partial charge on any atom is 0.251 e. The molecule has 0 aliphatic heterocycles. The minimum Gasteiger partial charge on any atom is -0.348 e. The van der Waals surface area contributed by atoms with Gasteiger partial charge in [-0.25, -0.2) is 0 Å². The zero-order chi connectivity index (χ0) is 21.2. The number of amides is 2. The summed E-state index contributed by atoms with van der Waals surface area (Å²) in [5, 5.41) is 8.55. The smallest absolute Gasteiger partial charge is 0.251 e. The van der Waals surface area contributed by atoms with Gasteiger partial charge in [-0.1, -0.05) is 66.7 Å². The van der Waals surface area contributed by atoms with Crippen molar-refractivity contribution in [2.45, 2.75) is 6.54 Å². The van der Waals surface area contributed by atoms with E-state index < -0.39 is 0 Å². The van der Waals surface area contributed by atoms with Gasteiger partial charge < -0.3 is 10.6 Å². The van der Waals surface area contributed by atoms with Crippen molar-refractivity contribution >= 4 is 40.9 Å². The Labute approximate surface area is 180 Å². The molecule has 3 rings (SSSR count). The molecular weight excluding hydrogens is 394 g/mol. The molecule has 0 saturated heterocycles. The number of carbonyl (C=O) groups is 2. The summed E-state index contributed by atoms with van der Waals surface area (Å²) >= 11 is 5.19. The van der Waals surface area contributed by atoms with Crippen LogP contribution in [0, 0.1) is 0 Å². The van der Waals surface area contributed by atoms with Crippen molar-refractivity contribution in [3.8, 4) is 0 Å². The Balaban J connectivity index is 1.52. The van der Waals surface area contributed by atoms with Crippen molar-refractivity contribution < 1.29 is 9.59 Å². The molecule has 3 aromatic carbocycles. The monoisotopic (exact) mass is 415 g/mol. The van der Waals surface area contributed by atoms with Crippen LogP contribution in [0.15, 0.2) is 91.0 Å². The molecule has 0 saturated carbocycles. The number of hydrogen-bond donors (Lipinski definition) is 3. The van der Waals surface area contributed by atoms with E-state index in [1.807, 2.05) is 60.7 Å². The van der Waals surface area contributed by atoms with E-state index in [1.165, 1.54) is 6.08 Å². The van der Waals surface area contributed by atoms with Crippen LogP contribution in [0.5, 0.6) is 0 Å². The average molecular weight is 416 g/mol. The second-order valence-electron chi connectivity index (χ2n) is 6.44. The summed E-state index contributed by atoms with van der Waals surface area (Å²) in [6, 6.07) is 26.1. The number of benzene rings is 3. The number of nitrogens with one attached hydrogen (secondary N) is 3. The first-order valence-electron chi connectivity index (χ1n) is 9.37. The lowest BCUT2D eigenvalue weighted by molar-refractivity contribution is -0.115. The Bertz CT molecular complexity index is 1050. The lowest BCUT2D eigenvalue weighted by Gasteiger charge is -2.10. The quantitative estimate of drug-likeness (QED) is 0.418. The lowest BCUT2D eigenvalue weighted by Crippen LogP contribution is -2.33. The molecule has 2 amide bonds. The van der Waals surface area contributed by atoms with Crippen molar-refractivity contribution in [3.63, 3.8) is 0 Å². The van der Waals surface area contributed by atoms with Gasteiger partial charge in [0, 0.05) is 23.9 Å². The molecule has 30 heavy (non-hydrogen) atoms. The van der Waals surface area contributed by atoms with Gasteiger partial charge in [-0.2, -0.15) is 0 Å². The topological polar surface area (TPSA) is 70.2 Å². The summed E-state index contributed by atoms with van der Waals surface area (Å²) in [6.45, 7) is 0.444. The molecule has 0 spiro atoms. The van der Waals surface area contributed by atoms with Gasteiger partial charge in [0.05, 0.1) is 0 Å². The normalized spacial score (nSPS) is 10.4. The molecule has 0 bridgehead atoms. The second-order valence-corrected chi connectivity index (χ2v) is 6.84. The summed E-state index contributed by atoms with van der Waals surface area (Å²) in [5.74, 6) is -0.531. The molecule has 0 aromatic heterocycles. The van der Waals surface area contributed by atoms with Gasteiger partial charge in [-0.3, -0.25) is 14.9 Å². The van der Waals surface area contributed by atoms with Crippen molar-refractivity contribution in [3.05, 3.63) is 108 Å². The van der Waals surface area contributed by atoms with Crippen LogP contribution in [-0.4, -0.2) is 16.9 Å². The van der Waals surface area contributed by atoms with Gasteiger partial charge in [0.25, 0.3) is 5.91 Å². The maximum absolute atomic E-state index is 12.4. The van der Waals surface area contributed by atoms with E-state index in [0.29, 0.717) is 17.8 Å². The fourth-order valence-corrected chi connectivity index (χ4v) is 2.89. The standard InChI is InChI=1S/C24H21N3O2S/c28-22(15-14-18-8-3-1-4-9-18)27-24(30)26-21-13-7-12-20(16-21)23(29)25-17-19-10-5-2-6-11-19/h1-16H,17H2,(H,25,29)(H2,26,27,28,30)/b15-14+. The predicted octanol–water partition coefficient (Wildman–Crippen LogP) is 4.14. The van der Waals surface area contributed by atoms with E-state index in [4.69, 9.17) is 12.2 Å². The summed E-state index contributed by atoms with van der Waals surface area (Å²) < 4.78 is 0. The van der Waals surface area contributed by atoms with Crippen LogP contribution in [-0.2, 0) is 11.3 Å². The largest absolute Gasteiger partial charge is 0.348 e. The molecule has 0 atom stereocenters. The van der Waals surface area contributed by atoms with Crippen LogP contribution < -0.4 is 16.0 Å². The third-order valence-electron chi connectivity index (χ3n) is 4.14. The lowest BCUT2D eigenvalue weighted by atomic mass is 10.1. The van der Waals surface area contributed by atoms with Crippen LogP contribution >= 0.6 is 12.2 Å². The van der Waals surface area contributed by atoms with Gasteiger partial charge >= 0.3 is 0 Å². The maximum atomic E-state index is 12.4. The first-order chi connectivity index (χ1) is 14.6. The first kappa shape index (κ1) is 21.0. The minimum atomic E-state index is -0.340. The van der Waals surface area contributed by atoms with Crippen molar-refractivity contribution in [1.82, 2.24) is 10.6 Å². The number of thiocarbonyl (C=S) groups is 1. The zero-order valence-corrected chi connectivity index (χ0v) is 17.0. The minimum absolute atomic E-state index is 0.152. The van der Waals surface area contributed by atoms with Gasteiger partial charge in [-0.05, 0) is 47.6 Å². The number of hydrogen-bond acceptors (Lipinski definition) is 3. The Kier molecular flexibility index (Phi) is 7.46. The van der Waals surface area contributed by atoms with Crippen LogP contribution in [0.3, 0.4) is 0 Å². The molecule has 5 nitrogen and oxygen atoms in total. The summed E-state index contributed by atoms with van der Waals surface area (Å²) in [6.07, 6.45) is 3.12. The van der Waals surface area contributed by atoms with Crippen LogP contribution in [0.2, 0.25) is 0 Å². The van der Waals surface area contributed by atoms with E-state index in [1.54, 1.807) is 30.3 Å². The molecule has 3 aromatic rings. The highest BCUT2D eigenvalue weighted by Crippen LogP contribution is 2.11.